The molecule has 0 N–H and O–H groups in total. The van der Waals surface area contributed by atoms with E-state index in [2.05, 4.69) is 32.4 Å². The average molecular weight is 216 g/mol. The minimum absolute atomic E-state index is 0.134. The first-order chi connectivity index (χ1) is 6.60. The largest absolute Gasteiger partial charge is 0.469 e. The van der Waals surface area contributed by atoms with Crippen LogP contribution in [0, 0.1) is 10.8 Å². The maximum Gasteiger partial charge on any atom is 0.311 e. The summed E-state index contributed by atoms with van der Waals surface area (Å²) in [4.78, 5) is 10.8. The molecule has 2 heteroatoms. The fourth-order valence-corrected chi connectivity index (χ4v) is 0.421. The molecular weight excluding hydrogens is 188 g/mol. The van der Waals surface area contributed by atoms with Crippen LogP contribution in [0.25, 0.3) is 0 Å². The van der Waals surface area contributed by atoms with E-state index in [0.717, 1.165) is 6.42 Å². The average Bonchev–Trinajstić information content (AvgIpc) is 2.16. The van der Waals surface area contributed by atoms with Crippen LogP contribution in [-0.2, 0) is 9.53 Å². The molecule has 0 atom stereocenters. The van der Waals surface area contributed by atoms with E-state index in [1.165, 1.54) is 13.5 Å². The number of hydrogen-bond acceptors (Lipinski definition) is 2. The monoisotopic (exact) mass is 216 g/mol. The molecule has 0 rings (SSSR count). The van der Waals surface area contributed by atoms with Crippen LogP contribution >= 0.6 is 0 Å². The molecule has 0 aliphatic heterocycles. The van der Waals surface area contributed by atoms with Gasteiger partial charge in [0.05, 0.1) is 12.5 Å². The molecule has 0 amide bonds. The SMILES string of the molecule is CCC(C)(C)C.CCC(C)(C)C(=O)OC. The van der Waals surface area contributed by atoms with Crippen LogP contribution in [-0.4, -0.2) is 13.1 Å². The van der Waals surface area contributed by atoms with Crippen molar-refractivity contribution in [3.05, 3.63) is 0 Å². The zero-order valence-corrected chi connectivity index (χ0v) is 11.7. The van der Waals surface area contributed by atoms with E-state index in [-0.39, 0.29) is 11.4 Å². The molecule has 0 aliphatic rings. The first kappa shape index (κ1) is 16.9. The Morgan fingerprint density at radius 3 is 1.40 bits per heavy atom. The number of esters is 1. The molecule has 0 aromatic carbocycles. The Bertz CT molecular complexity index is 175. The summed E-state index contributed by atoms with van der Waals surface area (Å²) in [6.07, 6.45) is 2.09. The zero-order chi connectivity index (χ0) is 12.7. The van der Waals surface area contributed by atoms with E-state index >= 15 is 0 Å². The number of hydrogen-bond donors (Lipinski definition) is 0. The predicted molar refractivity (Wildman–Crippen MR) is 65.8 cm³/mol. The normalized spacial score (nSPS) is 11.5. The molecule has 0 unspecified atom stereocenters. The van der Waals surface area contributed by atoms with E-state index in [1.807, 2.05) is 20.8 Å². The van der Waals surface area contributed by atoms with Crippen molar-refractivity contribution in [3.63, 3.8) is 0 Å². The van der Waals surface area contributed by atoms with E-state index in [1.54, 1.807) is 0 Å². The van der Waals surface area contributed by atoms with E-state index in [9.17, 15) is 4.79 Å². The van der Waals surface area contributed by atoms with Crippen LogP contribution in [0.4, 0.5) is 0 Å². The molecule has 0 aromatic heterocycles. The van der Waals surface area contributed by atoms with E-state index in [4.69, 9.17) is 0 Å². The second-order valence-corrected chi connectivity index (χ2v) is 5.64. The lowest BCUT2D eigenvalue weighted by atomic mass is 9.91. The molecule has 0 spiro atoms. The van der Waals surface area contributed by atoms with Crippen molar-refractivity contribution < 1.29 is 9.53 Å². The molecule has 0 saturated heterocycles. The molecular formula is C13H28O2. The van der Waals surface area contributed by atoms with Gasteiger partial charge in [0, 0.05) is 0 Å². The van der Waals surface area contributed by atoms with E-state index < -0.39 is 0 Å². The summed E-state index contributed by atoms with van der Waals surface area (Å²) in [6.45, 7) is 14.7. The van der Waals surface area contributed by atoms with Gasteiger partial charge in [-0.3, -0.25) is 4.79 Å². The van der Waals surface area contributed by atoms with Gasteiger partial charge in [0.15, 0.2) is 0 Å². The number of methoxy groups -OCH3 is 1. The lowest BCUT2D eigenvalue weighted by Gasteiger charge is -2.17. The van der Waals surface area contributed by atoms with Crippen molar-refractivity contribution in [3.8, 4) is 0 Å². The van der Waals surface area contributed by atoms with Gasteiger partial charge < -0.3 is 4.74 Å². The van der Waals surface area contributed by atoms with Gasteiger partial charge in [-0.1, -0.05) is 41.0 Å². The highest BCUT2D eigenvalue weighted by molar-refractivity contribution is 5.75. The third-order valence-corrected chi connectivity index (χ3v) is 2.68. The van der Waals surface area contributed by atoms with Gasteiger partial charge in [-0.15, -0.1) is 0 Å². The summed E-state index contributed by atoms with van der Waals surface area (Å²) < 4.78 is 4.57. The van der Waals surface area contributed by atoms with Crippen molar-refractivity contribution in [2.45, 2.75) is 61.3 Å². The van der Waals surface area contributed by atoms with Crippen LogP contribution < -0.4 is 0 Å². The zero-order valence-electron chi connectivity index (χ0n) is 11.7. The molecule has 0 aromatic rings. The maximum atomic E-state index is 10.8. The molecule has 2 nitrogen and oxygen atoms in total. The van der Waals surface area contributed by atoms with Gasteiger partial charge in [-0.25, -0.2) is 0 Å². The minimum atomic E-state index is -0.311. The Morgan fingerprint density at radius 1 is 1.00 bits per heavy atom. The number of rotatable bonds is 2. The molecule has 0 aliphatic carbocycles. The molecule has 0 bridgehead atoms. The van der Waals surface area contributed by atoms with Crippen molar-refractivity contribution >= 4 is 5.97 Å². The first-order valence-electron chi connectivity index (χ1n) is 5.69. The summed E-state index contributed by atoms with van der Waals surface area (Å²) >= 11 is 0. The number of carbonyl (C=O) groups is 1. The fraction of sp³-hybridized carbons (Fsp3) is 0.923. The summed E-state index contributed by atoms with van der Waals surface area (Å²) in [5.41, 5.74) is 0.231. The van der Waals surface area contributed by atoms with Crippen LogP contribution in [0.5, 0.6) is 0 Å². The lowest BCUT2D eigenvalue weighted by Crippen LogP contribution is -2.24. The predicted octanol–water partition coefficient (Wildman–Crippen LogP) is 4.04. The Morgan fingerprint density at radius 2 is 1.33 bits per heavy atom. The summed E-state index contributed by atoms with van der Waals surface area (Å²) in [6, 6.07) is 0. The van der Waals surface area contributed by atoms with E-state index in [0.29, 0.717) is 5.41 Å². The van der Waals surface area contributed by atoms with Crippen molar-refractivity contribution in [1.82, 2.24) is 0 Å². The van der Waals surface area contributed by atoms with Crippen LogP contribution in [0.1, 0.15) is 61.3 Å². The van der Waals surface area contributed by atoms with Crippen molar-refractivity contribution in [1.29, 1.82) is 0 Å². The summed E-state index contributed by atoms with van der Waals surface area (Å²) in [5, 5.41) is 0. The topological polar surface area (TPSA) is 26.3 Å². The molecule has 0 fully saturated rings. The number of ether oxygens (including phenoxy) is 1. The van der Waals surface area contributed by atoms with Crippen LogP contribution in [0.3, 0.4) is 0 Å². The van der Waals surface area contributed by atoms with Crippen LogP contribution in [0.15, 0.2) is 0 Å². The highest BCUT2D eigenvalue weighted by Gasteiger charge is 2.25. The van der Waals surface area contributed by atoms with Crippen molar-refractivity contribution in [2.75, 3.05) is 7.11 Å². The Labute approximate surface area is 95.4 Å². The smallest absolute Gasteiger partial charge is 0.311 e. The Hall–Kier alpha value is -0.530. The third-order valence-electron chi connectivity index (χ3n) is 2.68. The Kier molecular flexibility index (Phi) is 7.72. The van der Waals surface area contributed by atoms with Gasteiger partial charge in [0.2, 0.25) is 0 Å². The highest BCUT2D eigenvalue weighted by atomic mass is 16.5. The van der Waals surface area contributed by atoms with Gasteiger partial charge in [0.1, 0.15) is 0 Å². The lowest BCUT2D eigenvalue weighted by molar-refractivity contribution is -0.150. The summed E-state index contributed by atoms with van der Waals surface area (Å²) in [7, 11) is 1.42. The van der Waals surface area contributed by atoms with Gasteiger partial charge >= 0.3 is 5.97 Å². The van der Waals surface area contributed by atoms with Gasteiger partial charge in [0.25, 0.3) is 0 Å². The molecule has 0 heterocycles. The third kappa shape index (κ3) is 9.77. The fourth-order valence-electron chi connectivity index (χ4n) is 0.421. The number of carbonyl (C=O) groups excluding carboxylic acids is 1. The molecule has 92 valence electrons. The standard InChI is InChI=1S/C7H14O2.C6H14/c1-5-7(2,3)6(8)9-4;1-5-6(2,3)4/h5H2,1-4H3;5H2,1-4H3. The first-order valence-corrected chi connectivity index (χ1v) is 5.69. The highest BCUT2D eigenvalue weighted by Crippen LogP contribution is 2.20. The quantitative estimate of drug-likeness (QED) is 0.651. The van der Waals surface area contributed by atoms with Gasteiger partial charge in [-0.2, -0.15) is 0 Å². The summed E-state index contributed by atoms with van der Waals surface area (Å²) in [5.74, 6) is -0.134. The maximum absolute atomic E-state index is 10.8. The minimum Gasteiger partial charge on any atom is -0.469 e. The molecule has 0 radical (unpaired) electrons. The van der Waals surface area contributed by atoms with Crippen LogP contribution in [0.2, 0.25) is 0 Å². The van der Waals surface area contributed by atoms with Gasteiger partial charge in [-0.05, 0) is 25.7 Å². The second-order valence-electron chi connectivity index (χ2n) is 5.64. The van der Waals surface area contributed by atoms with Crippen molar-refractivity contribution in [2.24, 2.45) is 10.8 Å². The molecule has 15 heavy (non-hydrogen) atoms. The Balaban J connectivity index is 0. The molecule has 0 saturated carbocycles. The second kappa shape index (κ2) is 6.86.